The number of halogens is 4. The lowest BCUT2D eigenvalue weighted by Gasteiger charge is -2.11. The zero-order chi connectivity index (χ0) is 7.49. The van der Waals surface area contributed by atoms with Crippen LogP contribution in [0.3, 0.4) is 0 Å². The molecule has 0 radical (unpaired) electrons. The summed E-state index contributed by atoms with van der Waals surface area (Å²) in [6.07, 6.45) is -3.72. The Balaban J connectivity index is 3.70. The standard InChI is InChI=1S/C3H5F4NO/c4-2(5)3(6,7)1-9-8/h2H,1,8H2. The highest BCUT2D eigenvalue weighted by Gasteiger charge is 2.40. The molecule has 0 aliphatic rings. The van der Waals surface area contributed by atoms with Gasteiger partial charge in [-0.2, -0.15) is 8.78 Å². The lowest BCUT2D eigenvalue weighted by atomic mass is 10.4. The van der Waals surface area contributed by atoms with E-state index in [0.717, 1.165) is 0 Å². The molecule has 0 aromatic carbocycles. The van der Waals surface area contributed by atoms with Crippen LogP contribution in [0.5, 0.6) is 0 Å². The van der Waals surface area contributed by atoms with E-state index in [-0.39, 0.29) is 0 Å². The normalized spacial score (nSPS) is 12.7. The summed E-state index contributed by atoms with van der Waals surface area (Å²) in [5, 5.41) is 0. The molecular formula is C3H5F4NO. The van der Waals surface area contributed by atoms with Gasteiger partial charge in [0.1, 0.15) is 6.61 Å². The number of hydrogen-bond acceptors (Lipinski definition) is 2. The Hall–Kier alpha value is -0.360. The minimum atomic E-state index is -4.13. The highest BCUT2D eigenvalue weighted by Crippen LogP contribution is 2.21. The van der Waals surface area contributed by atoms with Gasteiger partial charge in [0.05, 0.1) is 0 Å². The van der Waals surface area contributed by atoms with Crippen LogP contribution in [0.15, 0.2) is 0 Å². The molecular weight excluding hydrogens is 142 g/mol. The van der Waals surface area contributed by atoms with Crippen LogP contribution in [-0.4, -0.2) is 19.0 Å². The van der Waals surface area contributed by atoms with Gasteiger partial charge in [-0.3, -0.25) is 4.84 Å². The number of nitrogens with two attached hydrogens (primary N) is 1. The molecule has 0 rings (SSSR count). The largest absolute Gasteiger partial charge is 0.332 e. The van der Waals surface area contributed by atoms with Crippen molar-refractivity contribution >= 4 is 0 Å². The van der Waals surface area contributed by atoms with Gasteiger partial charge >= 0.3 is 12.3 Å². The van der Waals surface area contributed by atoms with Crippen LogP contribution in [0.25, 0.3) is 0 Å². The van der Waals surface area contributed by atoms with Crippen LogP contribution >= 0.6 is 0 Å². The van der Waals surface area contributed by atoms with Crippen LogP contribution in [0.4, 0.5) is 17.6 Å². The average Bonchev–Trinajstić information content (AvgIpc) is 1.65. The van der Waals surface area contributed by atoms with Gasteiger partial charge in [-0.05, 0) is 0 Å². The van der Waals surface area contributed by atoms with E-state index in [1.807, 2.05) is 0 Å². The maximum atomic E-state index is 11.6. The van der Waals surface area contributed by atoms with E-state index in [2.05, 4.69) is 10.7 Å². The minimum Gasteiger partial charge on any atom is -0.298 e. The van der Waals surface area contributed by atoms with Gasteiger partial charge in [0.15, 0.2) is 0 Å². The summed E-state index contributed by atoms with van der Waals surface area (Å²) in [6.45, 7) is -1.45. The SMILES string of the molecule is NOCC(F)(F)C(F)F. The summed E-state index contributed by atoms with van der Waals surface area (Å²) in [7, 11) is 0. The molecule has 0 aliphatic heterocycles. The quantitative estimate of drug-likeness (QED) is 0.472. The second-order valence-electron chi connectivity index (χ2n) is 1.37. The molecule has 0 unspecified atom stereocenters. The Kier molecular flexibility index (Phi) is 2.86. The molecule has 6 heteroatoms. The van der Waals surface area contributed by atoms with Crippen molar-refractivity contribution in [3.8, 4) is 0 Å². The van der Waals surface area contributed by atoms with E-state index in [1.165, 1.54) is 0 Å². The zero-order valence-electron chi connectivity index (χ0n) is 4.28. The second-order valence-corrected chi connectivity index (χ2v) is 1.37. The molecule has 2 N–H and O–H groups in total. The van der Waals surface area contributed by atoms with Crippen molar-refractivity contribution in [3.05, 3.63) is 0 Å². The number of alkyl halides is 4. The van der Waals surface area contributed by atoms with Crippen LogP contribution in [0.1, 0.15) is 0 Å². The molecule has 2 nitrogen and oxygen atoms in total. The average molecular weight is 147 g/mol. The zero-order valence-corrected chi connectivity index (χ0v) is 4.28. The van der Waals surface area contributed by atoms with E-state index in [9.17, 15) is 17.6 Å². The van der Waals surface area contributed by atoms with Crippen molar-refractivity contribution in [2.75, 3.05) is 6.61 Å². The summed E-state index contributed by atoms with van der Waals surface area (Å²) in [4.78, 5) is 3.34. The van der Waals surface area contributed by atoms with Gasteiger partial charge in [-0.1, -0.05) is 0 Å². The Morgan fingerprint density at radius 3 is 2.00 bits per heavy atom. The molecule has 9 heavy (non-hydrogen) atoms. The highest BCUT2D eigenvalue weighted by molar-refractivity contribution is 4.66. The molecule has 0 aromatic rings. The monoisotopic (exact) mass is 147 g/mol. The first kappa shape index (κ1) is 8.64. The van der Waals surface area contributed by atoms with E-state index in [0.29, 0.717) is 0 Å². The van der Waals surface area contributed by atoms with Crippen LogP contribution in [0, 0.1) is 0 Å². The molecule has 0 amide bonds. The fraction of sp³-hybridized carbons (Fsp3) is 1.00. The number of hydrogen-bond donors (Lipinski definition) is 1. The summed E-state index contributed by atoms with van der Waals surface area (Å²) in [5.74, 6) is 0.00889. The molecule has 0 heterocycles. The summed E-state index contributed by atoms with van der Waals surface area (Å²) < 4.78 is 45.4. The summed E-state index contributed by atoms with van der Waals surface area (Å²) in [6, 6.07) is 0. The fourth-order valence-electron chi connectivity index (χ4n) is 0.174. The molecule has 56 valence electrons. The Morgan fingerprint density at radius 1 is 1.44 bits per heavy atom. The van der Waals surface area contributed by atoms with E-state index in [4.69, 9.17) is 0 Å². The number of rotatable bonds is 3. The molecule has 0 aromatic heterocycles. The van der Waals surface area contributed by atoms with Crippen molar-refractivity contribution in [1.29, 1.82) is 0 Å². The van der Waals surface area contributed by atoms with Gasteiger partial charge in [0, 0.05) is 0 Å². The maximum Gasteiger partial charge on any atom is 0.332 e. The first-order valence-electron chi connectivity index (χ1n) is 1.98. The van der Waals surface area contributed by atoms with Gasteiger partial charge in [0.2, 0.25) is 0 Å². The molecule has 0 atom stereocenters. The summed E-state index contributed by atoms with van der Waals surface area (Å²) in [5.41, 5.74) is 0. The summed E-state index contributed by atoms with van der Waals surface area (Å²) >= 11 is 0. The van der Waals surface area contributed by atoms with Crippen molar-refractivity contribution < 1.29 is 22.4 Å². The van der Waals surface area contributed by atoms with Gasteiger partial charge in [-0.25, -0.2) is 14.7 Å². The van der Waals surface area contributed by atoms with Crippen molar-refractivity contribution in [2.45, 2.75) is 12.3 Å². The molecule has 0 spiro atoms. The smallest absolute Gasteiger partial charge is 0.298 e. The van der Waals surface area contributed by atoms with E-state index >= 15 is 0 Å². The molecule has 0 bridgehead atoms. The molecule has 0 fully saturated rings. The fourth-order valence-corrected chi connectivity index (χ4v) is 0.174. The third-order valence-electron chi connectivity index (χ3n) is 0.595. The van der Waals surface area contributed by atoms with Crippen LogP contribution in [-0.2, 0) is 4.84 Å². The topological polar surface area (TPSA) is 35.2 Å². The van der Waals surface area contributed by atoms with Gasteiger partial charge < -0.3 is 0 Å². The predicted octanol–water partition coefficient (Wildman–Crippen LogP) is 0.777. The molecule has 0 aliphatic carbocycles. The van der Waals surface area contributed by atoms with Crippen LogP contribution < -0.4 is 5.90 Å². The van der Waals surface area contributed by atoms with E-state index in [1.54, 1.807) is 0 Å². The first-order valence-corrected chi connectivity index (χ1v) is 1.98. The second kappa shape index (κ2) is 2.98. The van der Waals surface area contributed by atoms with Crippen molar-refractivity contribution in [3.63, 3.8) is 0 Å². The third-order valence-corrected chi connectivity index (χ3v) is 0.595. The third kappa shape index (κ3) is 2.62. The van der Waals surface area contributed by atoms with Crippen LogP contribution in [0.2, 0.25) is 0 Å². The lowest BCUT2D eigenvalue weighted by molar-refractivity contribution is -0.166. The van der Waals surface area contributed by atoms with E-state index < -0.39 is 19.0 Å². The Labute approximate surface area is 48.5 Å². The molecule has 0 saturated carbocycles. The minimum absolute atomic E-state index is 1.45. The van der Waals surface area contributed by atoms with Crippen molar-refractivity contribution in [2.24, 2.45) is 5.90 Å². The predicted molar refractivity (Wildman–Crippen MR) is 21.1 cm³/mol. The van der Waals surface area contributed by atoms with Crippen molar-refractivity contribution in [1.82, 2.24) is 0 Å². The Bertz CT molecular complexity index is 85.9. The van der Waals surface area contributed by atoms with Gasteiger partial charge in [0.25, 0.3) is 0 Å². The lowest BCUT2D eigenvalue weighted by Crippen LogP contribution is -2.33. The highest BCUT2D eigenvalue weighted by atomic mass is 19.3. The first-order chi connectivity index (χ1) is 4.00. The Morgan fingerprint density at radius 2 is 1.89 bits per heavy atom. The molecule has 0 saturated heterocycles. The maximum absolute atomic E-state index is 11.6. The van der Waals surface area contributed by atoms with Gasteiger partial charge in [-0.15, -0.1) is 0 Å².